The van der Waals surface area contributed by atoms with Gasteiger partial charge in [0.1, 0.15) is 6.10 Å². The number of anilines is 1. The molecule has 3 heterocycles. The lowest BCUT2D eigenvalue weighted by atomic mass is 10.0. The number of piperidine rings is 1. The Balaban J connectivity index is 1.54. The van der Waals surface area contributed by atoms with Crippen molar-refractivity contribution in [2.75, 3.05) is 31.6 Å². The first-order valence-electron chi connectivity index (χ1n) is 7.66. The Bertz CT molecular complexity index is 468. The second-order valence-corrected chi connectivity index (χ2v) is 5.75. The van der Waals surface area contributed by atoms with Crippen LogP contribution < -0.4 is 4.90 Å². The van der Waals surface area contributed by atoms with Crippen molar-refractivity contribution in [1.82, 2.24) is 15.1 Å². The standard InChI is InChI=1S/C15H22N4O2/c1-18(14-5-2-8-16-17-14)12-6-9-19(10-7-12)15(20)13-4-3-11-21-13/h2,5,8,12-13H,3-4,6-7,9-11H2,1H3/t13-/m0/s1. The average molecular weight is 290 g/mol. The molecular weight excluding hydrogens is 268 g/mol. The van der Waals surface area contributed by atoms with Crippen LogP contribution in [0.1, 0.15) is 25.7 Å². The summed E-state index contributed by atoms with van der Waals surface area (Å²) in [5.41, 5.74) is 0. The number of nitrogens with zero attached hydrogens (tertiary/aromatic N) is 4. The molecule has 6 heteroatoms. The molecule has 0 N–H and O–H groups in total. The van der Waals surface area contributed by atoms with Crippen LogP contribution in [0, 0.1) is 0 Å². The van der Waals surface area contributed by atoms with Gasteiger partial charge in [-0.05, 0) is 37.8 Å². The molecule has 21 heavy (non-hydrogen) atoms. The molecule has 0 aliphatic carbocycles. The number of carbonyl (C=O) groups is 1. The predicted octanol–water partition coefficient (Wildman–Crippen LogP) is 1.08. The number of hydrogen-bond donors (Lipinski definition) is 0. The van der Waals surface area contributed by atoms with E-state index >= 15 is 0 Å². The third kappa shape index (κ3) is 3.15. The molecule has 0 unspecified atom stereocenters. The summed E-state index contributed by atoms with van der Waals surface area (Å²) in [5.74, 6) is 1.06. The smallest absolute Gasteiger partial charge is 0.251 e. The molecule has 1 amide bonds. The largest absolute Gasteiger partial charge is 0.368 e. The number of carbonyl (C=O) groups excluding carboxylic acids is 1. The van der Waals surface area contributed by atoms with Gasteiger partial charge in [0.15, 0.2) is 5.82 Å². The Morgan fingerprint density at radius 3 is 2.81 bits per heavy atom. The maximum Gasteiger partial charge on any atom is 0.251 e. The number of likely N-dealkylation sites (tertiary alicyclic amines) is 1. The van der Waals surface area contributed by atoms with E-state index in [2.05, 4.69) is 15.1 Å². The highest BCUT2D eigenvalue weighted by Crippen LogP contribution is 2.22. The van der Waals surface area contributed by atoms with Gasteiger partial charge >= 0.3 is 0 Å². The SMILES string of the molecule is CN(c1cccnn1)C1CCN(C(=O)[C@@H]2CCCO2)CC1. The highest BCUT2D eigenvalue weighted by molar-refractivity contribution is 5.81. The van der Waals surface area contributed by atoms with E-state index < -0.39 is 0 Å². The molecule has 1 atom stereocenters. The van der Waals surface area contributed by atoms with Crippen LogP contribution in [0.25, 0.3) is 0 Å². The van der Waals surface area contributed by atoms with Gasteiger partial charge < -0.3 is 14.5 Å². The van der Waals surface area contributed by atoms with Crippen molar-refractivity contribution in [2.45, 2.75) is 37.8 Å². The van der Waals surface area contributed by atoms with Gasteiger partial charge in [0.05, 0.1) is 0 Å². The van der Waals surface area contributed by atoms with Crippen LogP contribution in [-0.2, 0) is 9.53 Å². The van der Waals surface area contributed by atoms with Gasteiger partial charge in [0.2, 0.25) is 0 Å². The number of rotatable bonds is 3. The van der Waals surface area contributed by atoms with Crippen molar-refractivity contribution in [3.8, 4) is 0 Å². The normalized spacial score (nSPS) is 23.3. The van der Waals surface area contributed by atoms with E-state index in [4.69, 9.17) is 4.74 Å². The summed E-state index contributed by atoms with van der Waals surface area (Å²) < 4.78 is 5.49. The summed E-state index contributed by atoms with van der Waals surface area (Å²) in [4.78, 5) is 16.4. The van der Waals surface area contributed by atoms with E-state index in [1.54, 1.807) is 6.20 Å². The van der Waals surface area contributed by atoms with Crippen molar-refractivity contribution in [3.05, 3.63) is 18.3 Å². The van der Waals surface area contributed by atoms with Crippen LogP contribution in [0.5, 0.6) is 0 Å². The molecule has 1 aromatic heterocycles. The van der Waals surface area contributed by atoms with E-state index in [9.17, 15) is 4.79 Å². The molecule has 0 saturated carbocycles. The Hall–Kier alpha value is -1.69. The minimum absolute atomic E-state index is 0.174. The van der Waals surface area contributed by atoms with Crippen LogP contribution in [0.2, 0.25) is 0 Å². The van der Waals surface area contributed by atoms with Crippen molar-refractivity contribution >= 4 is 11.7 Å². The molecular formula is C15H22N4O2. The topological polar surface area (TPSA) is 58.6 Å². The first-order chi connectivity index (χ1) is 10.3. The van der Waals surface area contributed by atoms with E-state index in [0.29, 0.717) is 6.04 Å². The minimum Gasteiger partial charge on any atom is -0.368 e. The minimum atomic E-state index is -0.195. The Morgan fingerprint density at radius 1 is 1.38 bits per heavy atom. The Morgan fingerprint density at radius 2 is 2.19 bits per heavy atom. The lowest BCUT2D eigenvalue weighted by molar-refractivity contribution is -0.141. The third-order valence-corrected chi connectivity index (χ3v) is 4.45. The fraction of sp³-hybridized carbons (Fsp3) is 0.667. The zero-order valence-electron chi connectivity index (χ0n) is 12.4. The molecule has 0 spiro atoms. The van der Waals surface area contributed by atoms with E-state index in [1.807, 2.05) is 24.1 Å². The van der Waals surface area contributed by atoms with Crippen LogP contribution >= 0.6 is 0 Å². The lowest BCUT2D eigenvalue weighted by Gasteiger charge is -2.37. The van der Waals surface area contributed by atoms with Gasteiger partial charge in [0, 0.05) is 39.0 Å². The lowest BCUT2D eigenvalue weighted by Crippen LogP contribution is -2.48. The van der Waals surface area contributed by atoms with Crippen LogP contribution in [-0.4, -0.2) is 59.9 Å². The maximum absolute atomic E-state index is 12.3. The van der Waals surface area contributed by atoms with Gasteiger partial charge in [-0.2, -0.15) is 5.10 Å². The zero-order chi connectivity index (χ0) is 14.7. The molecule has 6 nitrogen and oxygen atoms in total. The van der Waals surface area contributed by atoms with Gasteiger partial charge in [-0.3, -0.25) is 4.79 Å². The molecule has 114 valence electrons. The molecule has 0 bridgehead atoms. The second kappa shape index (κ2) is 6.39. The maximum atomic E-state index is 12.3. The Kier molecular flexibility index (Phi) is 4.34. The summed E-state index contributed by atoms with van der Waals surface area (Å²) in [6, 6.07) is 4.28. The summed E-state index contributed by atoms with van der Waals surface area (Å²) in [5, 5.41) is 8.07. The van der Waals surface area contributed by atoms with Crippen LogP contribution in [0.4, 0.5) is 5.82 Å². The highest BCUT2D eigenvalue weighted by atomic mass is 16.5. The molecule has 2 saturated heterocycles. The van der Waals surface area contributed by atoms with Crippen LogP contribution in [0.3, 0.4) is 0 Å². The highest BCUT2D eigenvalue weighted by Gasteiger charge is 2.31. The monoisotopic (exact) mass is 290 g/mol. The molecule has 3 rings (SSSR count). The van der Waals surface area contributed by atoms with Gasteiger partial charge in [0.25, 0.3) is 5.91 Å². The summed E-state index contributed by atoms with van der Waals surface area (Å²) in [6.45, 7) is 2.32. The number of ether oxygens (including phenoxy) is 1. The quantitative estimate of drug-likeness (QED) is 0.834. The fourth-order valence-electron chi connectivity index (χ4n) is 3.12. The molecule has 1 aromatic rings. The first-order valence-corrected chi connectivity index (χ1v) is 7.66. The van der Waals surface area contributed by atoms with Crippen molar-refractivity contribution in [1.29, 1.82) is 0 Å². The van der Waals surface area contributed by atoms with Crippen molar-refractivity contribution in [3.63, 3.8) is 0 Å². The van der Waals surface area contributed by atoms with E-state index in [0.717, 1.165) is 51.2 Å². The Labute approximate surface area is 125 Å². The summed E-state index contributed by atoms with van der Waals surface area (Å²) in [7, 11) is 2.05. The van der Waals surface area contributed by atoms with Crippen molar-refractivity contribution < 1.29 is 9.53 Å². The average Bonchev–Trinajstić information content (AvgIpc) is 3.09. The predicted molar refractivity (Wildman–Crippen MR) is 79.0 cm³/mol. The molecule has 0 radical (unpaired) electrons. The van der Waals surface area contributed by atoms with Gasteiger partial charge in [-0.1, -0.05) is 0 Å². The number of hydrogen-bond acceptors (Lipinski definition) is 5. The fourth-order valence-corrected chi connectivity index (χ4v) is 3.12. The molecule has 2 aliphatic rings. The van der Waals surface area contributed by atoms with Gasteiger partial charge in [-0.25, -0.2) is 0 Å². The van der Waals surface area contributed by atoms with Crippen LogP contribution in [0.15, 0.2) is 18.3 Å². The number of aromatic nitrogens is 2. The van der Waals surface area contributed by atoms with Gasteiger partial charge in [-0.15, -0.1) is 5.10 Å². The van der Waals surface area contributed by atoms with E-state index in [1.165, 1.54) is 0 Å². The first kappa shape index (κ1) is 14.3. The van der Waals surface area contributed by atoms with E-state index in [-0.39, 0.29) is 12.0 Å². The molecule has 2 fully saturated rings. The summed E-state index contributed by atoms with van der Waals surface area (Å²) in [6.07, 6.45) is 5.29. The molecule has 2 aliphatic heterocycles. The second-order valence-electron chi connectivity index (χ2n) is 5.75. The zero-order valence-corrected chi connectivity index (χ0v) is 12.4. The molecule has 0 aromatic carbocycles. The summed E-state index contributed by atoms with van der Waals surface area (Å²) >= 11 is 0. The number of amides is 1. The van der Waals surface area contributed by atoms with Crippen molar-refractivity contribution in [2.24, 2.45) is 0 Å². The third-order valence-electron chi connectivity index (χ3n) is 4.45.